The third-order valence-electron chi connectivity index (χ3n) is 4.07. The van der Waals surface area contributed by atoms with Crippen LogP contribution in [0.1, 0.15) is 36.5 Å². The smallest absolute Gasteiger partial charge is 0.261 e. The second-order valence-corrected chi connectivity index (χ2v) is 7.84. The fourth-order valence-corrected chi connectivity index (χ4v) is 3.57. The molecular formula is C19H24FN3O3S. The quantitative estimate of drug-likeness (QED) is 0.610. The summed E-state index contributed by atoms with van der Waals surface area (Å²) < 4.78 is 40.6. The Kier molecular flexibility index (Phi) is 7.32. The number of carbonyl (C=O) groups excluding carboxylic acids is 1. The van der Waals surface area contributed by atoms with E-state index in [4.69, 9.17) is 5.73 Å². The first-order valence-corrected chi connectivity index (χ1v) is 10.2. The molecule has 8 heteroatoms. The van der Waals surface area contributed by atoms with Gasteiger partial charge in [0.15, 0.2) is 0 Å². The van der Waals surface area contributed by atoms with E-state index < -0.39 is 15.8 Å². The average molecular weight is 393 g/mol. The monoisotopic (exact) mass is 393 g/mol. The molecule has 0 aromatic heterocycles. The van der Waals surface area contributed by atoms with Gasteiger partial charge in [-0.05, 0) is 42.8 Å². The van der Waals surface area contributed by atoms with E-state index >= 15 is 0 Å². The molecule has 0 fully saturated rings. The largest absolute Gasteiger partial charge is 0.348 e. The molecule has 27 heavy (non-hydrogen) atoms. The number of carbonyl (C=O) groups is 1. The summed E-state index contributed by atoms with van der Waals surface area (Å²) in [4.78, 5) is 12.2. The van der Waals surface area contributed by atoms with Crippen LogP contribution in [0.5, 0.6) is 0 Å². The molecule has 0 aliphatic rings. The van der Waals surface area contributed by atoms with Crippen LogP contribution < -0.4 is 15.8 Å². The first-order chi connectivity index (χ1) is 12.9. The van der Waals surface area contributed by atoms with Crippen molar-refractivity contribution in [1.82, 2.24) is 5.32 Å². The predicted octanol–water partition coefficient (Wildman–Crippen LogP) is 2.87. The Hall–Kier alpha value is -2.45. The number of halogens is 1. The van der Waals surface area contributed by atoms with Gasteiger partial charge in [-0.3, -0.25) is 9.52 Å². The van der Waals surface area contributed by atoms with Crippen LogP contribution in [0.15, 0.2) is 53.4 Å². The SMILES string of the molecule is CCCCC(CN)NC(=O)c1ccc(S(=O)(=O)Nc2ccccc2F)cc1. The lowest BCUT2D eigenvalue weighted by molar-refractivity contribution is 0.0935. The number of nitrogens with one attached hydrogen (secondary N) is 2. The Bertz CT molecular complexity index is 870. The molecule has 1 amide bonds. The van der Waals surface area contributed by atoms with E-state index in [1.54, 1.807) is 0 Å². The van der Waals surface area contributed by atoms with Crippen molar-refractivity contribution in [1.29, 1.82) is 0 Å². The second kappa shape index (κ2) is 9.48. The van der Waals surface area contributed by atoms with E-state index in [-0.39, 0.29) is 22.5 Å². The molecule has 0 aliphatic heterocycles. The molecule has 0 bridgehead atoms. The number of benzene rings is 2. The minimum atomic E-state index is -3.96. The Morgan fingerprint density at radius 1 is 1.15 bits per heavy atom. The molecule has 2 rings (SSSR count). The van der Waals surface area contributed by atoms with Crippen molar-refractivity contribution in [2.24, 2.45) is 5.73 Å². The van der Waals surface area contributed by atoms with Gasteiger partial charge in [-0.2, -0.15) is 0 Å². The van der Waals surface area contributed by atoms with Crippen LogP contribution in [-0.4, -0.2) is 26.9 Å². The summed E-state index contributed by atoms with van der Waals surface area (Å²) in [5.41, 5.74) is 5.86. The zero-order chi connectivity index (χ0) is 19.9. The summed E-state index contributed by atoms with van der Waals surface area (Å²) in [6.07, 6.45) is 2.76. The summed E-state index contributed by atoms with van der Waals surface area (Å²) in [6.45, 7) is 2.40. The number of anilines is 1. The number of amides is 1. The van der Waals surface area contributed by atoms with Gasteiger partial charge in [0, 0.05) is 18.2 Å². The van der Waals surface area contributed by atoms with E-state index in [2.05, 4.69) is 17.0 Å². The second-order valence-electron chi connectivity index (χ2n) is 6.16. The van der Waals surface area contributed by atoms with Gasteiger partial charge in [-0.1, -0.05) is 31.9 Å². The van der Waals surface area contributed by atoms with Crippen molar-refractivity contribution in [3.63, 3.8) is 0 Å². The first kappa shape index (κ1) is 20.9. The Balaban J connectivity index is 2.09. The zero-order valence-electron chi connectivity index (χ0n) is 15.1. The highest BCUT2D eigenvalue weighted by molar-refractivity contribution is 7.92. The third kappa shape index (κ3) is 5.77. The lowest BCUT2D eigenvalue weighted by Crippen LogP contribution is -2.40. The van der Waals surface area contributed by atoms with Crippen LogP contribution in [0.4, 0.5) is 10.1 Å². The Labute approximate surface area is 159 Å². The Morgan fingerprint density at radius 2 is 1.81 bits per heavy atom. The van der Waals surface area contributed by atoms with Crippen LogP contribution in [0.25, 0.3) is 0 Å². The van der Waals surface area contributed by atoms with Gasteiger partial charge in [0.1, 0.15) is 5.82 Å². The van der Waals surface area contributed by atoms with E-state index in [9.17, 15) is 17.6 Å². The lowest BCUT2D eigenvalue weighted by atomic mass is 10.1. The van der Waals surface area contributed by atoms with Gasteiger partial charge < -0.3 is 11.1 Å². The molecule has 1 atom stereocenters. The molecule has 1 unspecified atom stereocenters. The fraction of sp³-hybridized carbons (Fsp3) is 0.316. The summed E-state index contributed by atoms with van der Waals surface area (Å²) in [5.74, 6) is -0.982. The third-order valence-corrected chi connectivity index (χ3v) is 5.45. The summed E-state index contributed by atoms with van der Waals surface area (Å²) in [5, 5.41) is 2.84. The number of rotatable bonds is 9. The van der Waals surface area contributed by atoms with Crippen LogP contribution >= 0.6 is 0 Å². The number of hydrogen-bond acceptors (Lipinski definition) is 4. The van der Waals surface area contributed by atoms with Crippen molar-refractivity contribution in [3.05, 3.63) is 59.9 Å². The summed E-state index contributed by atoms with van der Waals surface area (Å²) in [6, 6.07) is 10.8. The van der Waals surface area contributed by atoms with Crippen LogP contribution in [-0.2, 0) is 10.0 Å². The molecule has 6 nitrogen and oxygen atoms in total. The molecule has 4 N–H and O–H groups in total. The maximum absolute atomic E-state index is 13.7. The van der Waals surface area contributed by atoms with Gasteiger partial charge in [0.25, 0.3) is 15.9 Å². The number of para-hydroxylation sites is 1. The van der Waals surface area contributed by atoms with E-state index in [0.717, 1.165) is 25.3 Å². The molecule has 2 aromatic rings. The van der Waals surface area contributed by atoms with E-state index in [1.165, 1.54) is 42.5 Å². The van der Waals surface area contributed by atoms with Crippen LogP contribution in [0, 0.1) is 5.82 Å². The van der Waals surface area contributed by atoms with Gasteiger partial charge >= 0.3 is 0 Å². The van der Waals surface area contributed by atoms with Gasteiger partial charge in [-0.25, -0.2) is 12.8 Å². The molecule has 2 aromatic carbocycles. The standard InChI is InChI=1S/C19H24FN3O3S/c1-2-3-6-15(13-21)22-19(24)14-9-11-16(12-10-14)27(25,26)23-18-8-5-4-7-17(18)20/h4-5,7-12,15,23H,2-3,6,13,21H2,1H3,(H,22,24). The van der Waals surface area contributed by atoms with Crippen molar-refractivity contribution in [3.8, 4) is 0 Å². The summed E-state index contributed by atoms with van der Waals surface area (Å²) >= 11 is 0. The highest BCUT2D eigenvalue weighted by Crippen LogP contribution is 2.19. The molecule has 146 valence electrons. The summed E-state index contributed by atoms with van der Waals surface area (Å²) in [7, 11) is -3.96. The topological polar surface area (TPSA) is 101 Å². The highest BCUT2D eigenvalue weighted by atomic mass is 32.2. The lowest BCUT2D eigenvalue weighted by Gasteiger charge is -2.16. The van der Waals surface area contributed by atoms with Gasteiger partial charge in [0.2, 0.25) is 0 Å². The normalized spacial score (nSPS) is 12.4. The molecular weight excluding hydrogens is 369 g/mol. The average Bonchev–Trinajstić information content (AvgIpc) is 2.66. The maximum Gasteiger partial charge on any atom is 0.261 e. The molecule has 0 heterocycles. The van der Waals surface area contributed by atoms with Crippen molar-refractivity contribution >= 4 is 21.6 Å². The number of nitrogens with two attached hydrogens (primary N) is 1. The van der Waals surface area contributed by atoms with Crippen molar-refractivity contribution in [2.75, 3.05) is 11.3 Å². The van der Waals surface area contributed by atoms with Gasteiger partial charge in [-0.15, -0.1) is 0 Å². The molecule has 0 spiro atoms. The minimum absolute atomic E-state index is 0.0661. The fourth-order valence-electron chi connectivity index (χ4n) is 2.50. The number of sulfonamides is 1. The van der Waals surface area contributed by atoms with E-state index in [1.807, 2.05) is 0 Å². The van der Waals surface area contributed by atoms with Gasteiger partial charge in [0.05, 0.1) is 10.6 Å². The molecule has 0 saturated heterocycles. The van der Waals surface area contributed by atoms with Crippen LogP contribution in [0.3, 0.4) is 0 Å². The van der Waals surface area contributed by atoms with Crippen LogP contribution in [0.2, 0.25) is 0 Å². The van der Waals surface area contributed by atoms with E-state index in [0.29, 0.717) is 12.1 Å². The zero-order valence-corrected chi connectivity index (χ0v) is 15.9. The van der Waals surface area contributed by atoms with Crippen molar-refractivity contribution in [2.45, 2.75) is 37.1 Å². The highest BCUT2D eigenvalue weighted by Gasteiger charge is 2.18. The number of hydrogen-bond donors (Lipinski definition) is 3. The first-order valence-electron chi connectivity index (χ1n) is 8.75. The molecule has 0 saturated carbocycles. The molecule has 0 aliphatic carbocycles. The maximum atomic E-state index is 13.7. The predicted molar refractivity (Wildman–Crippen MR) is 103 cm³/mol. The molecule has 0 radical (unpaired) electrons. The van der Waals surface area contributed by atoms with Crippen molar-refractivity contribution < 1.29 is 17.6 Å². The Morgan fingerprint density at radius 3 is 2.41 bits per heavy atom. The minimum Gasteiger partial charge on any atom is -0.348 e. The number of unbranched alkanes of at least 4 members (excludes halogenated alkanes) is 1.